The van der Waals surface area contributed by atoms with Crippen LogP contribution < -0.4 is 0 Å². The van der Waals surface area contributed by atoms with E-state index < -0.39 is 0 Å². The van der Waals surface area contributed by atoms with Crippen LogP contribution in [0.4, 0.5) is 0 Å². The van der Waals surface area contributed by atoms with Crippen LogP contribution in [0.1, 0.15) is 12.8 Å². The van der Waals surface area contributed by atoms with Crippen molar-refractivity contribution in [2.75, 3.05) is 39.9 Å². The standard InChI is InChI=1S/C9H18N2O/c1-10-6-7-12-8-9(10)11-4-2-3-5-11/h9H,2-8H2,1H3. The van der Waals surface area contributed by atoms with Crippen molar-refractivity contribution < 1.29 is 4.74 Å². The summed E-state index contributed by atoms with van der Waals surface area (Å²) in [4.78, 5) is 4.95. The number of nitrogens with zero attached hydrogens (tertiary/aromatic N) is 2. The smallest absolute Gasteiger partial charge is 0.0862 e. The Morgan fingerprint density at radius 3 is 2.58 bits per heavy atom. The second-order valence-corrected chi connectivity index (χ2v) is 3.78. The summed E-state index contributed by atoms with van der Waals surface area (Å²) >= 11 is 0. The van der Waals surface area contributed by atoms with E-state index in [4.69, 9.17) is 4.74 Å². The van der Waals surface area contributed by atoms with Gasteiger partial charge in [0.2, 0.25) is 0 Å². The lowest BCUT2D eigenvalue weighted by Crippen LogP contribution is -2.52. The van der Waals surface area contributed by atoms with E-state index in [2.05, 4.69) is 16.8 Å². The molecule has 1 atom stereocenters. The van der Waals surface area contributed by atoms with Crippen molar-refractivity contribution in [1.29, 1.82) is 0 Å². The molecule has 2 fully saturated rings. The fourth-order valence-electron chi connectivity index (χ4n) is 2.10. The van der Waals surface area contributed by atoms with Gasteiger partial charge in [-0.15, -0.1) is 0 Å². The molecule has 0 aromatic rings. The van der Waals surface area contributed by atoms with Gasteiger partial charge in [0.1, 0.15) is 0 Å². The first-order valence-corrected chi connectivity index (χ1v) is 4.90. The number of rotatable bonds is 1. The molecule has 3 nitrogen and oxygen atoms in total. The minimum atomic E-state index is 0.557. The maximum Gasteiger partial charge on any atom is 0.0862 e. The van der Waals surface area contributed by atoms with E-state index in [0.29, 0.717) is 6.17 Å². The molecule has 0 aromatic heterocycles. The van der Waals surface area contributed by atoms with E-state index >= 15 is 0 Å². The van der Waals surface area contributed by atoms with E-state index in [1.54, 1.807) is 0 Å². The molecule has 2 aliphatic heterocycles. The molecule has 70 valence electrons. The molecule has 0 amide bonds. The summed E-state index contributed by atoms with van der Waals surface area (Å²) in [5.74, 6) is 0. The molecule has 0 saturated carbocycles. The SMILES string of the molecule is CN1CCOCC1N1CCCC1. The molecule has 0 aromatic carbocycles. The minimum Gasteiger partial charge on any atom is -0.377 e. The second-order valence-electron chi connectivity index (χ2n) is 3.78. The molecule has 0 N–H and O–H groups in total. The summed E-state index contributed by atoms with van der Waals surface area (Å²) in [6, 6.07) is 0. The summed E-state index contributed by atoms with van der Waals surface area (Å²) in [6.07, 6.45) is 3.29. The minimum absolute atomic E-state index is 0.557. The molecule has 2 heterocycles. The average molecular weight is 170 g/mol. The number of morpholine rings is 1. The van der Waals surface area contributed by atoms with E-state index in [0.717, 1.165) is 19.8 Å². The number of likely N-dealkylation sites (tertiary alicyclic amines) is 1. The van der Waals surface area contributed by atoms with Gasteiger partial charge in [0.05, 0.1) is 19.4 Å². The predicted octanol–water partition coefficient (Wildman–Crippen LogP) is 0.370. The zero-order valence-corrected chi connectivity index (χ0v) is 7.83. The average Bonchev–Trinajstić information content (AvgIpc) is 2.57. The van der Waals surface area contributed by atoms with Crippen molar-refractivity contribution in [2.45, 2.75) is 19.0 Å². The van der Waals surface area contributed by atoms with E-state index in [9.17, 15) is 0 Å². The Kier molecular flexibility index (Phi) is 2.63. The summed E-state index contributed by atoms with van der Waals surface area (Å²) in [5, 5.41) is 0. The maximum atomic E-state index is 5.48. The molecule has 2 saturated heterocycles. The number of likely N-dealkylation sites (N-methyl/N-ethyl adjacent to an activating group) is 1. The van der Waals surface area contributed by atoms with Crippen molar-refractivity contribution in [3.63, 3.8) is 0 Å². The first kappa shape index (κ1) is 8.48. The highest BCUT2D eigenvalue weighted by molar-refractivity contribution is 4.77. The Bertz CT molecular complexity index is 145. The molecule has 0 radical (unpaired) electrons. The van der Waals surface area contributed by atoms with Crippen molar-refractivity contribution in [1.82, 2.24) is 9.80 Å². The summed E-state index contributed by atoms with van der Waals surface area (Å²) in [5.41, 5.74) is 0. The van der Waals surface area contributed by atoms with Gasteiger partial charge >= 0.3 is 0 Å². The molecule has 0 spiro atoms. The molecule has 3 heteroatoms. The predicted molar refractivity (Wildman–Crippen MR) is 48.0 cm³/mol. The van der Waals surface area contributed by atoms with Gasteiger partial charge in [-0.3, -0.25) is 9.80 Å². The van der Waals surface area contributed by atoms with Crippen molar-refractivity contribution in [2.24, 2.45) is 0 Å². The zero-order chi connectivity index (χ0) is 8.39. The van der Waals surface area contributed by atoms with Crippen LogP contribution in [-0.2, 0) is 4.74 Å². The molecule has 2 rings (SSSR count). The Hall–Kier alpha value is -0.120. The fraction of sp³-hybridized carbons (Fsp3) is 1.00. The highest BCUT2D eigenvalue weighted by Crippen LogP contribution is 2.16. The first-order chi connectivity index (χ1) is 5.88. The van der Waals surface area contributed by atoms with Crippen molar-refractivity contribution >= 4 is 0 Å². The van der Waals surface area contributed by atoms with E-state index in [1.807, 2.05) is 0 Å². The molecule has 12 heavy (non-hydrogen) atoms. The normalized spacial score (nSPS) is 34.2. The highest BCUT2D eigenvalue weighted by Gasteiger charge is 2.27. The number of ether oxygens (including phenoxy) is 1. The Balaban J connectivity index is 1.91. The monoisotopic (exact) mass is 170 g/mol. The molecular formula is C9H18N2O. The van der Waals surface area contributed by atoms with Crippen molar-refractivity contribution in [3.8, 4) is 0 Å². The quantitative estimate of drug-likeness (QED) is 0.565. The maximum absolute atomic E-state index is 5.48. The van der Waals surface area contributed by atoms with Gasteiger partial charge in [0, 0.05) is 6.54 Å². The van der Waals surface area contributed by atoms with Crippen LogP contribution in [0.25, 0.3) is 0 Å². The number of hydrogen-bond acceptors (Lipinski definition) is 3. The topological polar surface area (TPSA) is 15.7 Å². The van der Waals surface area contributed by atoms with Gasteiger partial charge in [0.25, 0.3) is 0 Å². The molecular weight excluding hydrogens is 152 g/mol. The van der Waals surface area contributed by atoms with E-state index in [-0.39, 0.29) is 0 Å². The van der Waals surface area contributed by atoms with Gasteiger partial charge in [-0.05, 0) is 33.0 Å². The zero-order valence-electron chi connectivity index (χ0n) is 7.83. The molecule has 0 bridgehead atoms. The van der Waals surface area contributed by atoms with Gasteiger partial charge in [-0.1, -0.05) is 0 Å². The van der Waals surface area contributed by atoms with Crippen LogP contribution in [0.3, 0.4) is 0 Å². The van der Waals surface area contributed by atoms with Crippen molar-refractivity contribution in [3.05, 3.63) is 0 Å². The lowest BCUT2D eigenvalue weighted by Gasteiger charge is -2.38. The van der Waals surface area contributed by atoms with Gasteiger partial charge in [-0.2, -0.15) is 0 Å². The van der Waals surface area contributed by atoms with Crippen LogP contribution in [0.5, 0.6) is 0 Å². The molecule has 2 aliphatic rings. The third kappa shape index (κ3) is 1.63. The third-order valence-corrected chi connectivity index (χ3v) is 2.93. The summed E-state index contributed by atoms with van der Waals surface area (Å²) < 4.78 is 5.48. The largest absolute Gasteiger partial charge is 0.377 e. The third-order valence-electron chi connectivity index (χ3n) is 2.93. The second kappa shape index (κ2) is 3.73. The highest BCUT2D eigenvalue weighted by atomic mass is 16.5. The van der Waals surface area contributed by atoms with Crippen LogP contribution in [0, 0.1) is 0 Å². The van der Waals surface area contributed by atoms with E-state index in [1.165, 1.54) is 25.9 Å². The van der Waals surface area contributed by atoms with Gasteiger partial charge in [0.15, 0.2) is 0 Å². The lowest BCUT2D eigenvalue weighted by atomic mass is 10.3. The van der Waals surface area contributed by atoms with Gasteiger partial charge in [-0.25, -0.2) is 0 Å². The Morgan fingerprint density at radius 2 is 1.92 bits per heavy atom. The Labute approximate surface area is 74.3 Å². The van der Waals surface area contributed by atoms with Crippen LogP contribution in [0.2, 0.25) is 0 Å². The first-order valence-electron chi connectivity index (χ1n) is 4.90. The van der Waals surface area contributed by atoms with Crippen LogP contribution in [0.15, 0.2) is 0 Å². The van der Waals surface area contributed by atoms with Crippen LogP contribution >= 0.6 is 0 Å². The summed E-state index contributed by atoms with van der Waals surface area (Å²) in [7, 11) is 2.20. The van der Waals surface area contributed by atoms with Crippen LogP contribution in [-0.4, -0.2) is 55.9 Å². The lowest BCUT2D eigenvalue weighted by molar-refractivity contribution is -0.0568. The Morgan fingerprint density at radius 1 is 1.17 bits per heavy atom. The fourth-order valence-corrected chi connectivity index (χ4v) is 2.10. The molecule has 1 unspecified atom stereocenters. The number of hydrogen-bond donors (Lipinski definition) is 0. The van der Waals surface area contributed by atoms with Gasteiger partial charge < -0.3 is 4.74 Å². The summed E-state index contributed by atoms with van der Waals surface area (Å²) in [6.45, 7) is 5.41. The molecule has 0 aliphatic carbocycles.